The van der Waals surface area contributed by atoms with E-state index in [1.165, 1.54) is 6.20 Å². The van der Waals surface area contributed by atoms with Crippen molar-refractivity contribution in [1.82, 2.24) is 10.3 Å². The molecule has 154 valence electrons. The highest BCUT2D eigenvalue weighted by Crippen LogP contribution is 2.29. The van der Waals surface area contributed by atoms with Crippen LogP contribution < -0.4 is 20.3 Å². The third-order valence-electron chi connectivity index (χ3n) is 4.48. The molecule has 0 unspecified atom stereocenters. The van der Waals surface area contributed by atoms with Crippen LogP contribution in [0.4, 0.5) is 16.2 Å². The van der Waals surface area contributed by atoms with Gasteiger partial charge in [-0.05, 0) is 50.1 Å². The summed E-state index contributed by atoms with van der Waals surface area (Å²) < 4.78 is 5.62. The highest BCUT2D eigenvalue weighted by molar-refractivity contribution is 6.35. The number of aryl methyl sites for hydroxylation is 1. The summed E-state index contributed by atoms with van der Waals surface area (Å²) in [5, 5.41) is 6.41. The number of hydrogen-bond acceptors (Lipinski definition) is 4. The van der Waals surface area contributed by atoms with E-state index in [0.29, 0.717) is 28.6 Å². The van der Waals surface area contributed by atoms with Crippen LogP contribution in [-0.4, -0.2) is 36.1 Å². The van der Waals surface area contributed by atoms with Gasteiger partial charge in [0.2, 0.25) is 11.8 Å². The van der Waals surface area contributed by atoms with Crippen molar-refractivity contribution in [2.24, 2.45) is 0 Å². The Morgan fingerprint density at radius 2 is 2.03 bits per heavy atom. The molecule has 0 radical (unpaired) electrons. The minimum atomic E-state index is -0.685. The molecular weight excluding hydrogens is 415 g/mol. The average Bonchev–Trinajstić information content (AvgIpc) is 2.63. The minimum Gasteiger partial charge on any atom is -0.474 e. The number of ether oxygens (including phenoxy) is 1. The summed E-state index contributed by atoms with van der Waals surface area (Å²) in [4.78, 5) is 29.9. The van der Waals surface area contributed by atoms with Crippen LogP contribution in [0, 0.1) is 0 Å². The molecule has 1 aromatic carbocycles. The minimum absolute atomic E-state index is 0.0907. The van der Waals surface area contributed by atoms with Gasteiger partial charge in [0.25, 0.3) is 0 Å². The molecule has 0 saturated heterocycles. The van der Waals surface area contributed by atoms with Gasteiger partial charge in [-0.2, -0.15) is 0 Å². The van der Waals surface area contributed by atoms with Crippen LogP contribution in [0.3, 0.4) is 0 Å². The van der Waals surface area contributed by atoms with Crippen LogP contribution in [0.2, 0.25) is 10.0 Å². The number of pyridine rings is 1. The number of halogens is 2. The summed E-state index contributed by atoms with van der Waals surface area (Å²) in [6.45, 7) is 3.81. The fourth-order valence-corrected chi connectivity index (χ4v) is 3.43. The molecule has 2 N–H and O–H groups in total. The fourth-order valence-electron chi connectivity index (χ4n) is 3.00. The molecule has 0 bridgehead atoms. The second-order valence-corrected chi connectivity index (χ2v) is 8.33. The summed E-state index contributed by atoms with van der Waals surface area (Å²) in [5.41, 5.74) is 1.86. The van der Waals surface area contributed by atoms with Crippen LogP contribution in [0.1, 0.15) is 25.8 Å². The Morgan fingerprint density at radius 1 is 1.28 bits per heavy atom. The third-order valence-corrected chi connectivity index (χ3v) is 4.95. The van der Waals surface area contributed by atoms with E-state index in [4.69, 9.17) is 27.9 Å². The second-order valence-electron chi connectivity index (χ2n) is 7.49. The molecule has 2 aromatic rings. The lowest BCUT2D eigenvalue weighted by molar-refractivity contribution is -0.118. The Morgan fingerprint density at radius 3 is 2.76 bits per heavy atom. The maximum absolute atomic E-state index is 12.4. The lowest BCUT2D eigenvalue weighted by Crippen LogP contribution is -2.49. The Bertz CT molecular complexity index is 949. The van der Waals surface area contributed by atoms with Gasteiger partial charge in [0.1, 0.15) is 11.6 Å². The Kier molecular flexibility index (Phi) is 6.19. The van der Waals surface area contributed by atoms with Crippen molar-refractivity contribution in [3.8, 4) is 5.88 Å². The molecule has 0 saturated carbocycles. The number of benzene rings is 1. The normalized spacial score (nSPS) is 13.7. The Hall–Kier alpha value is -2.51. The third kappa shape index (κ3) is 5.31. The number of carbonyl (C=O) groups is 2. The van der Waals surface area contributed by atoms with E-state index in [1.54, 1.807) is 24.1 Å². The highest BCUT2D eigenvalue weighted by atomic mass is 35.5. The molecular formula is C20H22Cl2N4O3. The van der Waals surface area contributed by atoms with Crippen molar-refractivity contribution in [2.45, 2.75) is 32.2 Å². The lowest BCUT2D eigenvalue weighted by Gasteiger charge is -2.27. The van der Waals surface area contributed by atoms with Gasteiger partial charge in [-0.15, -0.1) is 0 Å². The zero-order valence-electron chi connectivity index (χ0n) is 16.4. The largest absolute Gasteiger partial charge is 0.474 e. The number of hydrogen-bond donors (Lipinski definition) is 2. The topological polar surface area (TPSA) is 83.6 Å². The van der Waals surface area contributed by atoms with Crippen LogP contribution in [0.15, 0.2) is 30.5 Å². The smallest absolute Gasteiger partial charge is 0.319 e. The van der Waals surface area contributed by atoms with Gasteiger partial charge < -0.3 is 20.3 Å². The van der Waals surface area contributed by atoms with E-state index < -0.39 is 5.54 Å². The van der Waals surface area contributed by atoms with Crippen LogP contribution in [-0.2, 0) is 11.2 Å². The van der Waals surface area contributed by atoms with Gasteiger partial charge in [-0.3, -0.25) is 4.79 Å². The number of amides is 3. The van der Waals surface area contributed by atoms with E-state index in [-0.39, 0.29) is 24.4 Å². The van der Waals surface area contributed by atoms with Gasteiger partial charge in [-0.1, -0.05) is 23.2 Å². The molecule has 0 spiro atoms. The van der Waals surface area contributed by atoms with Crippen molar-refractivity contribution in [2.75, 3.05) is 23.9 Å². The first-order chi connectivity index (χ1) is 13.6. The molecule has 3 rings (SSSR count). The van der Waals surface area contributed by atoms with Gasteiger partial charge in [-0.25, -0.2) is 9.78 Å². The first-order valence-corrected chi connectivity index (χ1v) is 9.83. The zero-order valence-corrected chi connectivity index (χ0v) is 17.9. The SMILES string of the molecule is CN1C(=O)CCc2cc(NC(=O)NC(C)(C)COc3ncc(Cl)cc3Cl)ccc21. The quantitative estimate of drug-likeness (QED) is 0.732. The van der Waals surface area contributed by atoms with Crippen molar-refractivity contribution in [1.29, 1.82) is 0 Å². The van der Waals surface area contributed by atoms with Gasteiger partial charge >= 0.3 is 6.03 Å². The molecule has 0 aliphatic carbocycles. The van der Waals surface area contributed by atoms with E-state index in [1.807, 2.05) is 26.0 Å². The predicted octanol–water partition coefficient (Wildman–Crippen LogP) is 4.28. The monoisotopic (exact) mass is 436 g/mol. The zero-order chi connectivity index (χ0) is 21.2. The number of fused-ring (bicyclic) bond motifs is 1. The van der Waals surface area contributed by atoms with E-state index in [0.717, 1.165) is 11.3 Å². The fraction of sp³-hybridized carbons (Fsp3) is 0.350. The van der Waals surface area contributed by atoms with E-state index >= 15 is 0 Å². The van der Waals surface area contributed by atoms with Crippen LogP contribution >= 0.6 is 23.2 Å². The molecule has 0 fully saturated rings. The molecule has 1 aromatic heterocycles. The average molecular weight is 437 g/mol. The number of nitrogens with zero attached hydrogens (tertiary/aromatic N) is 2. The number of anilines is 2. The molecule has 2 heterocycles. The molecule has 1 aliphatic heterocycles. The van der Waals surface area contributed by atoms with Crippen LogP contribution in [0.25, 0.3) is 0 Å². The van der Waals surface area contributed by atoms with Gasteiger partial charge in [0.15, 0.2) is 0 Å². The molecule has 0 atom stereocenters. The maximum atomic E-state index is 12.4. The van der Waals surface area contributed by atoms with Crippen LogP contribution in [0.5, 0.6) is 5.88 Å². The lowest BCUT2D eigenvalue weighted by atomic mass is 10.0. The highest BCUT2D eigenvalue weighted by Gasteiger charge is 2.24. The number of nitrogens with one attached hydrogen (secondary N) is 2. The molecule has 3 amide bonds. The molecule has 7 nitrogen and oxygen atoms in total. The van der Waals surface area contributed by atoms with E-state index in [2.05, 4.69) is 15.6 Å². The van der Waals surface area contributed by atoms with Crippen molar-refractivity contribution in [3.05, 3.63) is 46.1 Å². The predicted molar refractivity (Wildman–Crippen MR) is 114 cm³/mol. The van der Waals surface area contributed by atoms with Gasteiger partial charge in [0, 0.05) is 31.0 Å². The number of carbonyl (C=O) groups excluding carboxylic acids is 2. The van der Waals surface area contributed by atoms with Crippen molar-refractivity contribution < 1.29 is 14.3 Å². The first-order valence-electron chi connectivity index (χ1n) is 9.07. The number of aromatic nitrogens is 1. The van der Waals surface area contributed by atoms with Crippen molar-refractivity contribution >= 4 is 46.5 Å². The van der Waals surface area contributed by atoms with E-state index in [9.17, 15) is 9.59 Å². The Labute approximate surface area is 179 Å². The summed E-state index contributed by atoms with van der Waals surface area (Å²) in [7, 11) is 1.75. The molecule has 29 heavy (non-hydrogen) atoms. The first kappa shape index (κ1) is 21.2. The van der Waals surface area contributed by atoms with Crippen molar-refractivity contribution in [3.63, 3.8) is 0 Å². The standard InChI is InChI=1S/C20H22Cl2N4O3/c1-20(2,11-29-18-15(22)9-13(21)10-23-18)25-19(28)24-14-5-6-16-12(8-14)4-7-17(27)26(16)3/h5-6,8-10H,4,7,11H2,1-3H3,(H2,24,25,28). The molecule has 1 aliphatic rings. The summed E-state index contributed by atoms with van der Waals surface area (Å²) in [5.74, 6) is 0.340. The maximum Gasteiger partial charge on any atom is 0.319 e. The Balaban J connectivity index is 1.58. The summed E-state index contributed by atoms with van der Waals surface area (Å²) in [6.07, 6.45) is 2.56. The number of rotatable bonds is 5. The second kappa shape index (κ2) is 8.47. The molecule has 9 heteroatoms. The van der Waals surface area contributed by atoms with Gasteiger partial charge in [0.05, 0.1) is 10.6 Å². The number of urea groups is 1. The summed E-state index contributed by atoms with van der Waals surface area (Å²) in [6, 6.07) is 6.67. The summed E-state index contributed by atoms with van der Waals surface area (Å²) >= 11 is 11.9.